The Morgan fingerprint density at radius 3 is 2.36 bits per heavy atom. The van der Waals surface area contributed by atoms with Crippen molar-refractivity contribution in [3.8, 4) is 5.75 Å². The van der Waals surface area contributed by atoms with E-state index >= 15 is 0 Å². The molecule has 0 atom stereocenters. The van der Waals surface area contributed by atoms with Gasteiger partial charge < -0.3 is 4.74 Å². The molecule has 0 aliphatic rings. The number of hydrogen-bond donors (Lipinski definition) is 0. The molecule has 0 spiro atoms. The zero-order valence-electron chi connectivity index (χ0n) is 7.07. The fourth-order valence-corrected chi connectivity index (χ4v) is 0.907. The van der Waals surface area contributed by atoms with E-state index in [1.807, 2.05) is 0 Å². The van der Waals surface area contributed by atoms with Gasteiger partial charge >= 0.3 is 6.36 Å². The van der Waals surface area contributed by atoms with E-state index in [4.69, 9.17) is 0 Å². The number of ether oxygens (including phenoxy) is 1. The Hall–Kier alpha value is -1.26. The Labute approximate surface area is 78.3 Å². The lowest BCUT2D eigenvalue weighted by Crippen LogP contribution is -2.17. The van der Waals surface area contributed by atoms with E-state index in [0.717, 1.165) is 12.1 Å². The van der Waals surface area contributed by atoms with Gasteiger partial charge in [-0.3, -0.25) is 0 Å². The zero-order valence-corrected chi connectivity index (χ0v) is 7.07. The van der Waals surface area contributed by atoms with Crippen molar-refractivity contribution < 1.29 is 22.3 Å². The van der Waals surface area contributed by atoms with Gasteiger partial charge in [-0.05, 0) is 31.0 Å². The first-order valence-corrected chi connectivity index (χ1v) is 3.76. The summed E-state index contributed by atoms with van der Waals surface area (Å²) in [7, 11) is 0. The van der Waals surface area contributed by atoms with Crippen LogP contribution in [0.25, 0.3) is 0 Å². The first-order chi connectivity index (χ1) is 6.42. The molecule has 1 nitrogen and oxygen atoms in total. The summed E-state index contributed by atoms with van der Waals surface area (Å²) in [5, 5.41) is 0. The maximum Gasteiger partial charge on any atom is 0.573 e. The average Bonchev–Trinajstić information content (AvgIpc) is 2.06. The highest BCUT2D eigenvalue weighted by atomic mass is 19.4. The summed E-state index contributed by atoms with van der Waals surface area (Å²) < 4.78 is 51.5. The number of hydrogen-bond acceptors (Lipinski definition) is 1. The van der Waals surface area contributed by atoms with E-state index in [-0.39, 0.29) is 0 Å². The molecule has 77 valence electrons. The quantitative estimate of drug-likeness (QED) is 0.677. The second-order valence-electron chi connectivity index (χ2n) is 2.56. The van der Waals surface area contributed by atoms with Crippen molar-refractivity contribution in [2.75, 3.05) is 0 Å². The highest BCUT2D eigenvalue weighted by Crippen LogP contribution is 2.25. The minimum atomic E-state index is -4.87. The lowest BCUT2D eigenvalue weighted by atomic mass is 10.1. The van der Waals surface area contributed by atoms with Gasteiger partial charge in [-0.2, -0.15) is 0 Å². The van der Waals surface area contributed by atoms with Gasteiger partial charge in [0.05, 0.1) is 0 Å². The van der Waals surface area contributed by atoms with Crippen LogP contribution in [0.3, 0.4) is 0 Å². The number of benzene rings is 1. The Bertz CT molecular complexity index is 319. The van der Waals surface area contributed by atoms with Crippen LogP contribution >= 0.6 is 0 Å². The maximum atomic E-state index is 12.9. The van der Waals surface area contributed by atoms with Crippen LogP contribution in [-0.2, 0) is 6.42 Å². The van der Waals surface area contributed by atoms with Crippen LogP contribution in [0.1, 0.15) is 5.56 Å². The topological polar surface area (TPSA) is 9.23 Å². The molecule has 0 N–H and O–H groups in total. The summed E-state index contributed by atoms with van der Waals surface area (Å²) in [5.74, 6) is -1.86. The van der Waals surface area contributed by atoms with Crippen molar-refractivity contribution >= 4 is 0 Å². The minimum Gasteiger partial charge on any atom is -0.403 e. The molecule has 0 heterocycles. The van der Waals surface area contributed by atoms with Crippen LogP contribution in [0.5, 0.6) is 5.75 Å². The average molecular weight is 207 g/mol. The minimum absolute atomic E-state index is 0.309. The molecule has 5 heteroatoms. The molecule has 1 radical (unpaired) electrons. The second-order valence-corrected chi connectivity index (χ2v) is 2.56. The van der Waals surface area contributed by atoms with Crippen LogP contribution < -0.4 is 4.74 Å². The number of halogens is 4. The van der Waals surface area contributed by atoms with E-state index in [9.17, 15) is 17.6 Å². The summed E-state index contributed by atoms with van der Waals surface area (Å²) in [5.41, 5.74) is 0.511. The van der Waals surface area contributed by atoms with Gasteiger partial charge in [0.15, 0.2) is 11.6 Å². The third kappa shape index (κ3) is 2.90. The molecule has 0 fully saturated rings. The third-order valence-corrected chi connectivity index (χ3v) is 1.51. The molecule has 1 aromatic carbocycles. The van der Waals surface area contributed by atoms with Crippen molar-refractivity contribution in [2.24, 2.45) is 0 Å². The van der Waals surface area contributed by atoms with Crippen LogP contribution in [-0.4, -0.2) is 6.36 Å². The summed E-state index contributed by atoms with van der Waals surface area (Å²) in [6, 6.07) is 3.23. The second kappa shape index (κ2) is 3.86. The molecule has 0 amide bonds. The summed E-state index contributed by atoms with van der Waals surface area (Å²) in [6.07, 6.45) is -4.56. The Balaban J connectivity index is 2.89. The Morgan fingerprint density at radius 1 is 1.29 bits per heavy atom. The smallest absolute Gasteiger partial charge is 0.403 e. The van der Waals surface area contributed by atoms with Gasteiger partial charge in [0.2, 0.25) is 0 Å². The normalized spacial score (nSPS) is 11.5. The van der Waals surface area contributed by atoms with E-state index in [1.54, 1.807) is 0 Å². The highest BCUT2D eigenvalue weighted by Gasteiger charge is 2.32. The molecular formula is C9H7F4O. The Morgan fingerprint density at radius 2 is 1.93 bits per heavy atom. The van der Waals surface area contributed by atoms with Crippen molar-refractivity contribution in [3.63, 3.8) is 0 Å². The zero-order chi connectivity index (χ0) is 10.8. The summed E-state index contributed by atoms with van der Waals surface area (Å²) in [6.45, 7) is 3.47. The first kappa shape index (κ1) is 10.8. The van der Waals surface area contributed by atoms with Crippen LogP contribution in [0, 0.1) is 12.7 Å². The third-order valence-electron chi connectivity index (χ3n) is 1.51. The fourth-order valence-electron chi connectivity index (χ4n) is 0.907. The predicted octanol–water partition coefficient (Wildman–Crippen LogP) is 3.10. The molecule has 0 aromatic heterocycles. The van der Waals surface area contributed by atoms with Crippen LogP contribution in [0.4, 0.5) is 17.6 Å². The van der Waals surface area contributed by atoms with Gasteiger partial charge in [-0.25, -0.2) is 4.39 Å². The summed E-state index contributed by atoms with van der Waals surface area (Å²) >= 11 is 0. The lowest BCUT2D eigenvalue weighted by Gasteiger charge is -2.09. The van der Waals surface area contributed by atoms with Crippen LogP contribution in [0.15, 0.2) is 18.2 Å². The highest BCUT2D eigenvalue weighted by molar-refractivity contribution is 5.29. The molecule has 0 aliphatic carbocycles. The van der Waals surface area contributed by atoms with E-state index in [2.05, 4.69) is 11.7 Å². The molecule has 0 saturated heterocycles. The van der Waals surface area contributed by atoms with Crippen molar-refractivity contribution in [3.05, 3.63) is 36.5 Å². The van der Waals surface area contributed by atoms with E-state index in [0.29, 0.717) is 12.0 Å². The van der Waals surface area contributed by atoms with Crippen molar-refractivity contribution in [1.29, 1.82) is 0 Å². The van der Waals surface area contributed by atoms with Gasteiger partial charge in [0.25, 0.3) is 0 Å². The molecule has 0 aliphatic heterocycles. The molecule has 0 saturated carbocycles. The first-order valence-electron chi connectivity index (χ1n) is 3.76. The van der Waals surface area contributed by atoms with Gasteiger partial charge in [-0.1, -0.05) is 6.07 Å². The monoisotopic (exact) mass is 207 g/mol. The number of alkyl halides is 3. The Kier molecular flexibility index (Phi) is 2.98. The molecule has 0 unspecified atom stereocenters. The van der Waals surface area contributed by atoms with Crippen molar-refractivity contribution in [2.45, 2.75) is 12.8 Å². The van der Waals surface area contributed by atoms with Gasteiger partial charge in [0.1, 0.15) is 0 Å². The number of rotatable bonds is 2. The molecule has 1 rings (SSSR count). The molecule has 0 bridgehead atoms. The summed E-state index contributed by atoms with van der Waals surface area (Å²) in [4.78, 5) is 0. The van der Waals surface area contributed by atoms with Crippen molar-refractivity contribution in [1.82, 2.24) is 0 Å². The van der Waals surface area contributed by atoms with Gasteiger partial charge in [-0.15, -0.1) is 13.2 Å². The lowest BCUT2D eigenvalue weighted by molar-refractivity contribution is -0.275. The largest absolute Gasteiger partial charge is 0.573 e. The molecular weight excluding hydrogens is 200 g/mol. The SMILES string of the molecule is [CH2]Cc1ccc(OC(F)(F)F)c(F)c1. The fraction of sp³-hybridized carbons (Fsp3) is 0.222. The standard InChI is InChI=1S/C9H7F4O/c1-2-6-3-4-8(7(10)5-6)14-9(11,12)13/h3-5H,1-2H2. The van der Waals surface area contributed by atoms with E-state index in [1.165, 1.54) is 6.07 Å². The molecule has 1 aromatic rings. The predicted molar refractivity (Wildman–Crippen MR) is 42.1 cm³/mol. The van der Waals surface area contributed by atoms with Gasteiger partial charge in [0, 0.05) is 0 Å². The van der Waals surface area contributed by atoms with Crippen LogP contribution in [0.2, 0.25) is 0 Å². The molecule has 14 heavy (non-hydrogen) atoms. The maximum absolute atomic E-state index is 12.9. The van der Waals surface area contributed by atoms with E-state index < -0.39 is 17.9 Å².